The number of fused-ring (bicyclic) bond motifs is 2. The Morgan fingerprint density at radius 2 is 1.86 bits per heavy atom. The van der Waals surface area contributed by atoms with E-state index < -0.39 is 24.2 Å². The molecule has 234 valence electrons. The van der Waals surface area contributed by atoms with E-state index in [4.69, 9.17) is 9.57 Å². The number of rotatable bonds is 11. The van der Waals surface area contributed by atoms with Crippen molar-refractivity contribution in [1.82, 2.24) is 15.7 Å². The van der Waals surface area contributed by atoms with E-state index in [1.807, 2.05) is 42.5 Å². The topological polar surface area (TPSA) is 120 Å². The summed E-state index contributed by atoms with van der Waals surface area (Å²) in [5.41, 5.74) is 3.59. The summed E-state index contributed by atoms with van der Waals surface area (Å²) in [6, 6.07) is 14.7. The van der Waals surface area contributed by atoms with Crippen molar-refractivity contribution in [3.05, 3.63) is 59.7 Å². The second kappa shape index (κ2) is 13.0. The number of aliphatic hydroxyl groups excluding tert-OH is 2. The molecule has 4 fully saturated rings. The Morgan fingerprint density at radius 3 is 2.51 bits per heavy atom. The van der Waals surface area contributed by atoms with Gasteiger partial charge in [0.25, 0.3) is 5.91 Å². The van der Waals surface area contributed by atoms with E-state index in [0.717, 1.165) is 23.1 Å². The highest BCUT2D eigenvalue weighted by Crippen LogP contribution is 2.61. The highest BCUT2D eigenvalue weighted by molar-refractivity contribution is 5.95. The lowest BCUT2D eigenvalue weighted by atomic mass is 9.45. The molecule has 1 aliphatic heterocycles. The maximum Gasteiger partial charge on any atom is 0.251 e. The number of nitrogens with one attached hydrogen (secondary N) is 2. The maximum atomic E-state index is 13.9. The van der Waals surface area contributed by atoms with Crippen LogP contribution in [0.25, 0.3) is 11.1 Å². The number of benzene rings is 2. The molecule has 1 heterocycles. The summed E-state index contributed by atoms with van der Waals surface area (Å²) in [4.78, 5) is 32.7. The van der Waals surface area contributed by atoms with E-state index in [9.17, 15) is 19.8 Å². The van der Waals surface area contributed by atoms with Gasteiger partial charge in [0.05, 0.1) is 25.9 Å². The zero-order chi connectivity index (χ0) is 30.9. The molecule has 2 bridgehead atoms. The molecule has 3 aliphatic carbocycles. The summed E-state index contributed by atoms with van der Waals surface area (Å²) in [5, 5.41) is 28.7. The van der Waals surface area contributed by atoms with Gasteiger partial charge in [-0.25, -0.2) is 0 Å². The number of hydroxylamine groups is 2. The summed E-state index contributed by atoms with van der Waals surface area (Å²) in [7, 11) is 1.59. The summed E-state index contributed by atoms with van der Waals surface area (Å²) in [5.74, 6) is 0.648. The second-order valence-electron chi connectivity index (χ2n) is 13.3. The minimum Gasteiger partial charge on any atom is -0.394 e. The van der Waals surface area contributed by atoms with E-state index in [1.54, 1.807) is 25.2 Å². The number of carbonyl (C=O) groups is 2. The number of nitrogens with zero attached hydrogens (tertiary/aromatic N) is 1. The molecular weight excluding hydrogens is 546 g/mol. The van der Waals surface area contributed by atoms with Crippen LogP contribution in [0.2, 0.25) is 0 Å². The van der Waals surface area contributed by atoms with Gasteiger partial charge in [-0.2, -0.15) is 5.06 Å². The van der Waals surface area contributed by atoms with Gasteiger partial charge in [0.15, 0.2) is 0 Å². The summed E-state index contributed by atoms with van der Waals surface area (Å²) < 4.78 is 5.02. The fourth-order valence-corrected chi connectivity index (χ4v) is 7.72. The van der Waals surface area contributed by atoms with E-state index >= 15 is 0 Å². The Morgan fingerprint density at radius 1 is 1.14 bits per heavy atom. The number of ether oxygens (including phenoxy) is 1. The third-order valence-electron chi connectivity index (χ3n) is 10.4. The van der Waals surface area contributed by atoms with E-state index in [-0.39, 0.29) is 24.5 Å². The molecule has 0 spiro atoms. The van der Waals surface area contributed by atoms with Crippen molar-refractivity contribution in [2.24, 2.45) is 29.1 Å². The Kier molecular flexibility index (Phi) is 9.58. The van der Waals surface area contributed by atoms with Gasteiger partial charge in [0, 0.05) is 31.2 Å². The van der Waals surface area contributed by atoms with Crippen LogP contribution in [0.1, 0.15) is 56.5 Å². The van der Waals surface area contributed by atoms with Crippen LogP contribution in [-0.2, 0) is 20.9 Å². The molecule has 6 rings (SSSR count). The molecule has 8 atom stereocenters. The van der Waals surface area contributed by atoms with Crippen molar-refractivity contribution in [3.8, 4) is 11.1 Å². The lowest BCUT2D eigenvalue weighted by Gasteiger charge is -2.62. The summed E-state index contributed by atoms with van der Waals surface area (Å²) in [6.07, 6.45) is 0.638. The van der Waals surface area contributed by atoms with Crippen LogP contribution in [0.4, 0.5) is 0 Å². The van der Waals surface area contributed by atoms with Gasteiger partial charge in [-0.3, -0.25) is 14.4 Å². The predicted octanol–water partition coefficient (Wildman–Crippen LogP) is 3.39. The fourth-order valence-electron chi connectivity index (χ4n) is 7.72. The molecule has 3 saturated carbocycles. The zero-order valence-electron chi connectivity index (χ0n) is 26.0. The molecule has 2 aromatic rings. The van der Waals surface area contributed by atoms with Crippen molar-refractivity contribution in [2.45, 2.75) is 71.4 Å². The monoisotopic (exact) mass is 593 g/mol. The molecule has 2 amide bonds. The van der Waals surface area contributed by atoms with Gasteiger partial charge in [0.2, 0.25) is 5.91 Å². The molecule has 9 nitrogen and oxygen atoms in total. The lowest BCUT2D eigenvalue weighted by molar-refractivity contribution is -0.183. The quantitative estimate of drug-likeness (QED) is 0.295. The van der Waals surface area contributed by atoms with E-state index in [2.05, 4.69) is 31.4 Å². The van der Waals surface area contributed by atoms with Gasteiger partial charge >= 0.3 is 0 Å². The van der Waals surface area contributed by atoms with Gasteiger partial charge in [-0.15, -0.1) is 0 Å². The van der Waals surface area contributed by atoms with Gasteiger partial charge in [-0.05, 0) is 77.8 Å². The SMILES string of the molecule is COCCNC(=O)c1cccc(-c2cccc(CN3O[C@@H](CO)[C@@H]([C@H](C)O)[C@H]3C(=O)N[C@H]3C[C@H]4C[C@@H]([C@@H]3C)C4(C)C)c2)c1. The van der Waals surface area contributed by atoms with Gasteiger partial charge in [0.1, 0.15) is 12.1 Å². The molecule has 0 radical (unpaired) electrons. The first-order chi connectivity index (χ1) is 20.5. The molecule has 43 heavy (non-hydrogen) atoms. The highest BCUT2D eigenvalue weighted by Gasteiger charge is 2.57. The number of hydrogen-bond donors (Lipinski definition) is 4. The Bertz CT molecular complexity index is 1300. The minimum atomic E-state index is -0.849. The molecule has 2 aromatic carbocycles. The molecule has 0 unspecified atom stereocenters. The largest absolute Gasteiger partial charge is 0.394 e. The Hall–Kier alpha value is -2.82. The van der Waals surface area contributed by atoms with Crippen LogP contribution in [-0.4, -0.2) is 78.3 Å². The predicted molar refractivity (Wildman–Crippen MR) is 164 cm³/mol. The number of aliphatic hydroxyl groups is 2. The average molecular weight is 594 g/mol. The maximum absolute atomic E-state index is 13.9. The van der Waals surface area contributed by atoms with Crippen LogP contribution in [0.3, 0.4) is 0 Å². The van der Waals surface area contributed by atoms with Crippen LogP contribution in [0.5, 0.6) is 0 Å². The van der Waals surface area contributed by atoms with Crippen LogP contribution >= 0.6 is 0 Å². The third kappa shape index (κ3) is 6.37. The molecular formula is C34H47N3O6. The highest BCUT2D eigenvalue weighted by atomic mass is 16.7. The third-order valence-corrected chi connectivity index (χ3v) is 10.4. The second-order valence-corrected chi connectivity index (χ2v) is 13.3. The van der Waals surface area contributed by atoms with Crippen molar-refractivity contribution < 1.29 is 29.4 Å². The number of amides is 2. The van der Waals surface area contributed by atoms with Crippen molar-refractivity contribution in [3.63, 3.8) is 0 Å². The van der Waals surface area contributed by atoms with Crippen LogP contribution in [0.15, 0.2) is 48.5 Å². The number of hydrogen-bond acceptors (Lipinski definition) is 7. The van der Waals surface area contributed by atoms with Crippen molar-refractivity contribution in [2.75, 3.05) is 26.9 Å². The summed E-state index contributed by atoms with van der Waals surface area (Å²) in [6.45, 7) is 9.43. The first-order valence-corrected chi connectivity index (χ1v) is 15.5. The Labute approximate surface area is 254 Å². The molecule has 4 N–H and O–H groups in total. The fraction of sp³-hybridized carbons (Fsp3) is 0.588. The smallest absolute Gasteiger partial charge is 0.251 e. The van der Waals surface area contributed by atoms with Crippen molar-refractivity contribution >= 4 is 11.8 Å². The van der Waals surface area contributed by atoms with Crippen LogP contribution < -0.4 is 10.6 Å². The zero-order valence-corrected chi connectivity index (χ0v) is 26.0. The molecule has 1 saturated heterocycles. The van der Waals surface area contributed by atoms with E-state index in [0.29, 0.717) is 48.4 Å². The first kappa shape index (κ1) is 31.6. The number of carbonyl (C=O) groups excluding carboxylic acids is 2. The molecule has 9 heteroatoms. The van der Waals surface area contributed by atoms with Gasteiger partial charge in [-0.1, -0.05) is 51.1 Å². The first-order valence-electron chi connectivity index (χ1n) is 15.5. The number of methoxy groups -OCH3 is 1. The lowest BCUT2D eigenvalue weighted by Crippen LogP contribution is -2.62. The Balaban J connectivity index is 1.33. The molecule has 4 aliphatic rings. The standard InChI is InChI=1S/C34H47N3O6/c1-20-27-16-26(34(27,3)4)17-28(20)36-33(41)31-30(21(2)39)29(19-38)43-37(31)18-22-8-6-9-23(14-22)24-10-7-11-25(15-24)32(40)35-12-13-42-5/h6-11,14-15,20-21,26-31,38-39H,12-13,16-19H2,1-5H3,(H,35,40)(H,36,41)/t20-,21-,26+,27-,28-,29-,30+,31-/m0/s1. The minimum absolute atomic E-state index is 0.0799. The average Bonchev–Trinajstić information content (AvgIpc) is 3.36. The van der Waals surface area contributed by atoms with Gasteiger partial charge < -0.3 is 25.6 Å². The summed E-state index contributed by atoms with van der Waals surface area (Å²) >= 11 is 0. The molecule has 0 aromatic heterocycles. The van der Waals surface area contributed by atoms with E-state index in [1.165, 1.54) is 6.42 Å². The van der Waals surface area contributed by atoms with Crippen LogP contribution in [0, 0.1) is 29.1 Å². The van der Waals surface area contributed by atoms with Crippen molar-refractivity contribution in [1.29, 1.82) is 0 Å². The normalized spacial score (nSPS) is 30.3.